The van der Waals surface area contributed by atoms with Gasteiger partial charge in [-0.25, -0.2) is 13.6 Å². The maximum absolute atomic E-state index is 14.7. The number of halogens is 2. The molecule has 140 valence electrons. The highest BCUT2D eigenvalue weighted by Crippen LogP contribution is 2.26. The van der Waals surface area contributed by atoms with Crippen LogP contribution < -0.4 is 20.9 Å². The molecule has 0 aromatic heterocycles. The predicted octanol–water partition coefficient (Wildman–Crippen LogP) is 2.39. The first-order chi connectivity index (χ1) is 13.0. The van der Waals surface area contributed by atoms with E-state index in [2.05, 4.69) is 16.0 Å². The summed E-state index contributed by atoms with van der Waals surface area (Å²) >= 11 is 0. The lowest BCUT2D eigenvalue weighted by atomic mass is 9.99. The van der Waals surface area contributed by atoms with E-state index in [-0.39, 0.29) is 17.3 Å². The third-order valence-corrected chi connectivity index (χ3v) is 4.82. The van der Waals surface area contributed by atoms with E-state index in [0.29, 0.717) is 43.9 Å². The molecule has 1 fully saturated rings. The van der Waals surface area contributed by atoms with Gasteiger partial charge >= 0.3 is 6.03 Å². The standard InChI is InChI=1S/C19H18F2N4O2/c20-15-3-2-12(25-8-7-23-19(25)27)9-14(15)18(26)24-16-4-1-11-10-22-6-5-13(11)17(16)21/h1-4,9,22H,5-8,10H2,(H,23,27)(H,24,26). The second-order valence-electron chi connectivity index (χ2n) is 6.49. The molecule has 8 heteroatoms. The van der Waals surface area contributed by atoms with E-state index in [0.717, 1.165) is 11.6 Å². The van der Waals surface area contributed by atoms with Gasteiger partial charge in [0, 0.05) is 25.3 Å². The summed E-state index contributed by atoms with van der Waals surface area (Å²) < 4.78 is 28.9. The number of hydrogen-bond acceptors (Lipinski definition) is 3. The summed E-state index contributed by atoms with van der Waals surface area (Å²) in [6.45, 7) is 2.15. The van der Waals surface area contributed by atoms with Crippen molar-refractivity contribution in [2.45, 2.75) is 13.0 Å². The molecule has 0 unspecified atom stereocenters. The fourth-order valence-electron chi connectivity index (χ4n) is 3.39. The fraction of sp³-hybridized carbons (Fsp3) is 0.263. The first kappa shape index (κ1) is 17.4. The van der Waals surface area contributed by atoms with Crippen LogP contribution in [0, 0.1) is 11.6 Å². The third-order valence-electron chi connectivity index (χ3n) is 4.82. The van der Waals surface area contributed by atoms with Crippen LogP contribution in [0.4, 0.5) is 25.0 Å². The molecule has 0 radical (unpaired) electrons. The number of nitrogens with one attached hydrogen (secondary N) is 3. The van der Waals surface area contributed by atoms with Crippen LogP contribution >= 0.6 is 0 Å². The molecule has 0 aliphatic carbocycles. The molecule has 2 aliphatic heterocycles. The normalized spacial score (nSPS) is 16.1. The Morgan fingerprint density at radius 2 is 2.00 bits per heavy atom. The topological polar surface area (TPSA) is 73.5 Å². The van der Waals surface area contributed by atoms with Crippen LogP contribution in [-0.4, -0.2) is 31.6 Å². The third kappa shape index (κ3) is 3.23. The molecule has 2 heterocycles. The highest BCUT2D eigenvalue weighted by molar-refractivity contribution is 6.06. The number of rotatable bonds is 3. The number of carbonyl (C=O) groups is 2. The summed E-state index contributed by atoms with van der Waals surface area (Å²) in [6.07, 6.45) is 0.527. The quantitative estimate of drug-likeness (QED) is 0.775. The van der Waals surface area contributed by atoms with Crippen LogP contribution in [0.5, 0.6) is 0 Å². The Morgan fingerprint density at radius 1 is 1.15 bits per heavy atom. The van der Waals surface area contributed by atoms with Crippen molar-refractivity contribution >= 4 is 23.3 Å². The number of urea groups is 1. The summed E-state index contributed by atoms with van der Waals surface area (Å²) in [5.41, 5.74) is 1.60. The van der Waals surface area contributed by atoms with Crippen LogP contribution in [0.2, 0.25) is 0 Å². The van der Waals surface area contributed by atoms with E-state index in [1.807, 2.05) is 0 Å². The van der Waals surface area contributed by atoms with E-state index in [1.54, 1.807) is 6.07 Å². The molecule has 2 aliphatic rings. The zero-order valence-corrected chi connectivity index (χ0v) is 14.4. The van der Waals surface area contributed by atoms with Crippen molar-refractivity contribution in [1.29, 1.82) is 0 Å². The molecule has 27 heavy (non-hydrogen) atoms. The van der Waals surface area contributed by atoms with Crippen LogP contribution in [-0.2, 0) is 13.0 Å². The van der Waals surface area contributed by atoms with Gasteiger partial charge in [0.05, 0.1) is 11.3 Å². The summed E-state index contributed by atoms with van der Waals surface area (Å²) in [7, 11) is 0. The van der Waals surface area contributed by atoms with Gasteiger partial charge in [-0.3, -0.25) is 9.69 Å². The molecule has 1 saturated heterocycles. The minimum atomic E-state index is -0.762. The average molecular weight is 372 g/mol. The molecule has 0 bridgehead atoms. The van der Waals surface area contributed by atoms with Gasteiger partial charge in [-0.1, -0.05) is 6.07 Å². The summed E-state index contributed by atoms with van der Waals surface area (Å²) in [4.78, 5) is 25.8. The van der Waals surface area contributed by atoms with Crippen LogP contribution in [0.15, 0.2) is 30.3 Å². The number of amides is 3. The molecule has 0 atom stereocenters. The van der Waals surface area contributed by atoms with Gasteiger partial charge in [0.25, 0.3) is 5.91 Å². The second kappa shape index (κ2) is 6.96. The van der Waals surface area contributed by atoms with Gasteiger partial charge in [-0.15, -0.1) is 0 Å². The number of nitrogens with zero attached hydrogens (tertiary/aromatic N) is 1. The minimum absolute atomic E-state index is 0.0179. The van der Waals surface area contributed by atoms with Crippen LogP contribution in [0.1, 0.15) is 21.5 Å². The lowest BCUT2D eigenvalue weighted by Gasteiger charge is -2.20. The number of anilines is 2. The lowest BCUT2D eigenvalue weighted by molar-refractivity contribution is 0.102. The van der Waals surface area contributed by atoms with E-state index in [4.69, 9.17) is 0 Å². The van der Waals surface area contributed by atoms with Gasteiger partial charge in [0.2, 0.25) is 0 Å². The zero-order chi connectivity index (χ0) is 19.0. The molecule has 0 saturated carbocycles. The smallest absolute Gasteiger partial charge is 0.321 e. The van der Waals surface area contributed by atoms with Crippen LogP contribution in [0.3, 0.4) is 0 Å². The molecule has 0 spiro atoms. The summed E-state index contributed by atoms with van der Waals surface area (Å²) in [5, 5.41) is 8.26. The van der Waals surface area contributed by atoms with E-state index >= 15 is 0 Å². The maximum Gasteiger partial charge on any atom is 0.321 e. The highest BCUT2D eigenvalue weighted by Gasteiger charge is 2.24. The van der Waals surface area contributed by atoms with Gasteiger partial charge < -0.3 is 16.0 Å². The van der Waals surface area contributed by atoms with Crippen molar-refractivity contribution in [2.75, 3.05) is 29.9 Å². The van der Waals surface area contributed by atoms with Gasteiger partial charge in [-0.2, -0.15) is 0 Å². The van der Waals surface area contributed by atoms with Crippen molar-refractivity contribution in [1.82, 2.24) is 10.6 Å². The Balaban J connectivity index is 1.61. The number of carbonyl (C=O) groups excluding carboxylic acids is 2. The Hall–Kier alpha value is -3.00. The predicted molar refractivity (Wildman–Crippen MR) is 96.9 cm³/mol. The zero-order valence-electron chi connectivity index (χ0n) is 14.4. The molecule has 2 aromatic rings. The first-order valence-corrected chi connectivity index (χ1v) is 8.72. The largest absolute Gasteiger partial charge is 0.336 e. The van der Waals surface area contributed by atoms with Crippen LogP contribution in [0.25, 0.3) is 0 Å². The van der Waals surface area contributed by atoms with Gasteiger partial charge in [-0.05, 0) is 48.4 Å². The second-order valence-corrected chi connectivity index (χ2v) is 6.49. The van der Waals surface area contributed by atoms with E-state index in [1.165, 1.54) is 23.1 Å². The van der Waals surface area contributed by atoms with Crippen molar-refractivity contribution in [3.63, 3.8) is 0 Å². The molecule has 4 rings (SSSR count). The Kier molecular flexibility index (Phi) is 4.49. The summed E-state index contributed by atoms with van der Waals surface area (Å²) in [5.74, 6) is -1.99. The lowest BCUT2D eigenvalue weighted by Crippen LogP contribution is -2.28. The number of hydrogen-bond donors (Lipinski definition) is 3. The average Bonchev–Trinajstić information content (AvgIpc) is 3.10. The Labute approximate surface area is 154 Å². The van der Waals surface area contributed by atoms with Crippen molar-refractivity contribution in [3.8, 4) is 0 Å². The molecular weight excluding hydrogens is 354 g/mol. The first-order valence-electron chi connectivity index (χ1n) is 8.72. The maximum atomic E-state index is 14.7. The van der Waals surface area contributed by atoms with E-state index < -0.39 is 17.5 Å². The monoisotopic (exact) mass is 372 g/mol. The Bertz CT molecular complexity index is 932. The molecule has 2 aromatic carbocycles. The van der Waals surface area contributed by atoms with Crippen molar-refractivity contribution in [3.05, 3.63) is 58.7 Å². The fourth-order valence-corrected chi connectivity index (χ4v) is 3.39. The Morgan fingerprint density at radius 3 is 2.78 bits per heavy atom. The van der Waals surface area contributed by atoms with E-state index in [9.17, 15) is 18.4 Å². The molecule has 3 amide bonds. The molecule has 6 nitrogen and oxygen atoms in total. The van der Waals surface area contributed by atoms with Gasteiger partial charge in [0.15, 0.2) is 0 Å². The number of benzene rings is 2. The SMILES string of the molecule is O=C(Nc1ccc2c(c1F)CCNC2)c1cc(N2CCNC2=O)ccc1F. The highest BCUT2D eigenvalue weighted by atomic mass is 19.1. The van der Waals surface area contributed by atoms with Crippen molar-refractivity contribution < 1.29 is 18.4 Å². The summed E-state index contributed by atoms with van der Waals surface area (Å²) in [6, 6.07) is 6.79. The molecule has 3 N–H and O–H groups in total. The number of fused-ring (bicyclic) bond motifs is 1. The van der Waals surface area contributed by atoms with Crippen molar-refractivity contribution in [2.24, 2.45) is 0 Å². The molecular formula is C19H18F2N4O2. The van der Waals surface area contributed by atoms with Gasteiger partial charge in [0.1, 0.15) is 11.6 Å². The minimum Gasteiger partial charge on any atom is -0.336 e.